The number of aromatic nitrogens is 2. The van der Waals surface area contributed by atoms with E-state index >= 15 is 0 Å². The molecule has 2 N–H and O–H groups in total. The van der Waals surface area contributed by atoms with Gasteiger partial charge in [0.2, 0.25) is 5.82 Å². The molecule has 6 nitrogen and oxygen atoms in total. The largest absolute Gasteiger partial charge is 0.524 e. The van der Waals surface area contributed by atoms with Gasteiger partial charge in [-0.25, -0.2) is 14.5 Å². The van der Waals surface area contributed by atoms with Crippen LogP contribution in [0, 0.1) is 0 Å². The summed E-state index contributed by atoms with van der Waals surface area (Å²) in [6, 6.07) is 0. The summed E-state index contributed by atoms with van der Waals surface area (Å²) < 4.78 is 50.0. The molecule has 0 spiro atoms. The van der Waals surface area contributed by atoms with E-state index in [-0.39, 0.29) is 0 Å². The lowest BCUT2D eigenvalue weighted by Gasteiger charge is -2.07. The molecular formula is C5H4F3N2O4P. The van der Waals surface area contributed by atoms with Gasteiger partial charge in [-0.15, -0.1) is 0 Å². The van der Waals surface area contributed by atoms with E-state index in [1.54, 1.807) is 0 Å². The third-order valence-electron chi connectivity index (χ3n) is 1.11. The number of alkyl halides is 3. The highest BCUT2D eigenvalue weighted by atomic mass is 31.2. The number of nitrogens with zero attached hydrogens (tertiary/aromatic N) is 2. The van der Waals surface area contributed by atoms with Gasteiger partial charge in [-0.05, 0) is 0 Å². The second-order valence-corrected chi connectivity index (χ2v) is 3.49. The molecule has 0 saturated carbocycles. The molecule has 10 heteroatoms. The molecule has 1 aromatic rings. The molecule has 0 aliphatic rings. The lowest BCUT2D eigenvalue weighted by atomic mass is 10.5. The molecule has 0 aliphatic carbocycles. The minimum absolute atomic E-state index is 0.523. The number of hydrogen-bond acceptors (Lipinski definition) is 4. The van der Waals surface area contributed by atoms with Crippen LogP contribution in [0.4, 0.5) is 13.2 Å². The van der Waals surface area contributed by atoms with Crippen molar-refractivity contribution in [2.24, 2.45) is 0 Å². The zero-order valence-corrected chi connectivity index (χ0v) is 7.74. The fourth-order valence-electron chi connectivity index (χ4n) is 0.647. The van der Waals surface area contributed by atoms with Gasteiger partial charge in [0.05, 0.1) is 12.4 Å². The summed E-state index contributed by atoms with van der Waals surface area (Å²) in [5.41, 5.74) is 0. The quantitative estimate of drug-likeness (QED) is 0.753. The minimum atomic E-state index is -4.80. The van der Waals surface area contributed by atoms with Crippen LogP contribution in [-0.2, 0) is 10.7 Å². The average Bonchev–Trinajstić information content (AvgIpc) is 2.00. The topological polar surface area (TPSA) is 92.5 Å². The van der Waals surface area contributed by atoms with Crippen LogP contribution in [0.1, 0.15) is 5.82 Å². The van der Waals surface area contributed by atoms with Crippen LogP contribution in [-0.4, -0.2) is 19.8 Å². The fraction of sp³-hybridized carbons (Fsp3) is 0.200. The first-order valence-electron chi connectivity index (χ1n) is 3.33. The third-order valence-corrected chi connectivity index (χ3v) is 1.55. The van der Waals surface area contributed by atoms with Gasteiger partial charge in [0, 0.05) is 0 Å². The molecule has 0 aromatic carbocycles. The van der Waals surface area contributed by atoms with E-state index in [1.807, 2.05) is 0 Å². The lowest BCUT2D eigenvalue weighted by molar-refractivity contribution is -0.145. The summed E-state index contributed by atoms with van der Waals surface area (Å²) in [5.74, 6) is -1.96. The van der Waals surface area contributed by atoms with Crippen molar-refractivity contribution in [3.05, 3.63) is 18.2 Å². The van der Waals surface area contributed by atoms with Crippen LogP contribution >= 0.6 is 7.82 Å². The third kappa shape index (κ3) is 3.82. The fourth-order valence-corrected chi connectivity index (χ4v) is 1.02. The van der Waals surface area contributed by atoms with Crippen LogP contribution < -0.4 is 4.52 Å². The van der Waals surface area contributed by atoms with E-state index in [0.29, 0.717) is 12.4 Å². The summed E-state index contributed by atoms with van der Waals surface area (Å²) in [4.78, 5) is 22.3. The van der Waals surface area contributed by atoms with Gasteiger partial charge in [-0.1, -0.05) is 0 Å². The predicted octanol–water partition coefficient (Wildman–Crippen LogP) is 0.967. The summed E-state index contributed by atoms with van der Waals surface area (Å²) in [6.45, 7) is 0. The van der Waals surface area contributed by atoms with Gasteiger partial charge in [0.15, 0.2) is 5.75 Å². The smallest absolute Gasteiger partial charge is 0.401 e. The zero-order valence-electron chi connectivity index (χ0n) is 6.84. The first kappa shape index (κ1) is 11.9. The normalized spacial score (nSPS) is 12.6. The van der Waals surface area contributed by atoms with Gasteiger partial charge >= 0.3 is 14.0 Å². The SMILES string of the molecule is O=P(O)(O)Oc1cnc(C(F)(F)F)nc1. The van der Waals surface area contributed by atoms with Crippen molar-refractivity contribution in [2.75, 3.05) is 0 Å². The van der Waals surface area contributed by atoms with E-state index in [9.17, 15) is 17.7 Å². The Morgan fingerprint density at radius 2 is 1.73 bits per heavy atom. The summed E-state index contributed by atoms with van der Waals surface area (Å²) in [6.07, 6.45) is -3.66. The molecule has 0 fully saturated rings. The first-order valence-corrected chi connectivity index (χ1v) is 4.86. The van der Waals surface area contributed by atoms with Crippen LogP contribution in [0.5, 0.6) is 5.75 Å². The Bertz CT molecular complexity index is 386. The maximum atomic E-state index is 11.9. The molecule has 0 aliphatic heterocycles. The van der Waals surface area contributed by atoms with Gasteiger partial charge < -0.3 is 4.52 Å². The summed E-state index contributed by atoms with van der Waals surface area (Å²) in [5, 5.41) is 0. The average molecular weight is 244 g/mol. The Morgan fingerprint density at radius 3 is 2.07 bits per heavy atom. The van der Waals surface area contributed by atoms with Crippen LogP contribution in [0.25, 0.3) is 0 Å². The molecule has 1 rings (SSSR count). The van der Waals surface area contributed by atoms with Crippen LogP contribution in [0.3, 0.4) is 0 Å². The maximum absolute atomic E-state index is 11.9. The van der Waals surface area contributed by atoms with Gasteiger partial charge in [0.1, 0.15) is 0 Å². The van der Waals surface area contributed by atoms with Gasteiger partial charge in [-0.2, -0.15) is 13.2 Å². The minimum Gasteiger partial charge on any atom is -0.401 e. The predicted molar refractivity (Wildman–Crippen MR) is 39.7 cm³/mol. The first-order chi connectivity index (χ1) is 6.68. The van der Waals surface area contributed by atoms with Crippen molar-refractivity contribution >= 4 is 7.82 Å². The molecule has 1 aromatic heterocycles. The summed E-state index contributed by atoms with van der Waals surface area (Å²) in [7, 11) is -4.80. The van der Waals surface area contributed by atoms with Crippen molar-refractivity contribution in [2.45, 2.75) is 6.18 Å². The second kappa shape index (κ2) is 3.76. The highest BCUT2D eigenvalue weighted by Gasteiger charge is 2.34. The van der Waals surface area contributed by atoms with E-state index in [2.05, 4.69) is 14.5 Å². The highest BCUT2D eigenvalue weighted by molar-refractivity contribution is 7.46. The van der Waals surface area contributed by atoms with Gasteiger partial charge in [-0.3, -0.25) is 9.79 Å². The number of phosphoric acid groups is 1. The molecule has 0 bridgehead atoms. The maximum Gasteiger partial charge on any atom is 0.524 e. The molecule has 0 amide bonds. The Labute approximate surface area is 81.0 Å². The van der Waals surface area contributed by atoms with E-state index in [1.165, 1.54) is 0 Å². The summed E-state index contributed by atoms with van der Waals surface area (Å²) >= 11 is 0. The number of rotatable bonds is 2. The zero-order chi connectivity index (χ0) is 11.7. The second-order valence-electron chi connectivity index (χ2n) is 2.32. The molecule has 0 atom stereocenters. The van der Waals surface area contributed by atoms with E-state index in [0.717, 1.165) is 0 Å². The van der Waals surface area contributed by atoms with Crippen molar-refractivity contribution in [3.63, 3.8) is 0 Å². The van der Waals surface area contributed by atoms with Crippen molar-refractivity contribution < 1.29 is 32.0 Å². The van der Waals surface area contributed by atoms with E-state index in [4.69, 9.17) is 9.79 Å². The van der Waals surface area contributed by atoms with Crippen molar-refractivity contribution in [3.8, 4) is 5.75 Å². The Hall–Kier alpha value is -1.18. The number of hydrogen-bond donors (Lipinski definition) is 2. The standard InChI is InChI=1S/C5H4F3N2O4P/c6-5(7,8)4-9-1-3(2-10-4)14-15(11,12)13/h1-2H,(H2,11,12,13). The Balaban J connectivity index is 2.87. The molecule has 0 saturated heterocycles. The molecule has 15 heavy (non-hydrogen) atoms. The van der Waals surface area contributed by atoms with Gasteiger partial charge in [0.25, 0.3) is 0 Å². The van der Waals surface area contributed by atoms with Crippen LogP contribution in [0.15, 0.2) is 12.4 Å². The molecule has 84 valence electrons. The molecule has 0 unspecified atom stereocenters. The number of halogens is 3. The van der Waals surface area contributed by atoms with E-state index < -0.39 is 25.6 Å². The van der Waals surface area contributed by atoms with Crippen molar-refractivity contribution in [1.82, 2.24) is 9.97 Å². The monoisotopic (exact) mass is 244 g/mol. The number of phosphoric ester groups is 1. The molecule has 0 radical (unpaired) electrons. The Morgan fingerprint density at radius 1 is 1.27 bits per heavy atom. The van der Waals surface area contributed by atoms with Crippen LogP contribution in [0.2, 0.25) is 0 Å². The molecular weight excluding hydrogens is 240 g/mol. The Kier molecular flexibility index (Phi) is 2.98. The lowest BCUT2D eigenvalue weighted by Crippen LogP contribution is -2.10. The molecule has 1 heterocycles. The highest BCUT2D eigenvalue weighted by Crippen LogP contribution is 2.37. The van der Waals surface area contributed by atoms with Crippen molar-refractivity contribution in [1.29, 1.82) is 0 Å².